The molecule has 0 spiro atoms. The van der Waals surface area contributed by atoms with E-state index in [-0.39, 0.29) is 18.0 Å². The fourth-order valence-corrected chi connectivity index (χ4v) is 1.78. The summed E-state index contributed by atoms with van der Waals surface area (Å²) in [6.45, 7) is 1.30. The lowest BCUT2D eigenvalue weighted by molar-refractivity contribution is -0.140. The van der Waals surface area contributed by atoms with Gasteiger partial charge in [0.15, 0.2) is 0 Å². The first kappa shape index (κ1) is 15.2. The molecule has 1 aliphatic heterocycles. The van der Waals surface area contributed by atoms with E-state index in [1.165, 1.54) is 12.1 Å². The Kier molecular flexibility index (Phi) is 4.95. The molecule has 0 radical (unpaired) electrons. The van der Waals surface area contributed by atoms with Crippen molar-refractivity contribution in [2.45, 2.75) is 12.3 Å². The quantitative estimate of drug-likeness (QED) is 0.801. The van der Waals surface area contributed by atoms with Crippen molar-refractivity contribution < 1.29 is 22.3 Å². The zero-order chi connectivity index (χ0) is 12.5. The average molecular weight is 286 g/mol. The van der Waals surface area contributed by atoms with Gasteiger partial charge in [-0.25, -0.2) is 4.39 Å². The summed E-state index contributed by atoms with van der Waals surface area (Å²) >= 11 is 0. The summed E-state index contributed by atoms with van der Waals surface area (Å²) in [5, 5.41) is 2.95. The monoisotopic (exact) mass is 285 g/mol. The fraction of sp³-hybridized carbons (Fsp3) is 0.455. The fourth-order valence-electron chi connectivity index (χ4n) is 1.78. The Balaban J connectivity index is 0.00000162. The molecule has 1 atom stereocenters. The molecule has 1 aromatic rings. The Morgan fingerprint density at radius 2 is 2.00 bits per heavy atom. The maximum Gasteiger partial charge on any atom is 0.419 e. The van der Waals surface area contributed by atoms with Gasteiger partial charge in [0.2, 0.25) is 0 Å². The zero-order valence-corrected chi connectivity index (χ0v) is 10.1. The molecule has 2 rings (SSSR count). The van der Waals surface area contributed by atoms with Gasteiger partial charge in [-0.3, -0.25) is 0 Å². The number of halogens is 5. The summed E-state index contributed by atoms with van der Waals surface area (Å²) in [6.07, 6.45) is -5.34. The number of nitrogens with one attached hydrogen (secondary N) is 1. The molecule has 0 amide bonds. The van der Waals surface area contributed by atoms with Crippen LogP contribution in [0.25, 0.3) is 0 Å². The highest BCUT2D eigenvalue weighted by Crippen LogP contribution is 2.34. The summed E-state index contributed by atoms with van der Waals surface area (Å²) in [4.78, 5) is 0. The summed E-state index contributed by atoms with van der Waals surface area (Å²) in [5.41, 5.74) is -1.30. The van der Waals surface area contributed by atoms with Crippen LogP contribution in [0.15, 0.2) is 18.2 Å². The van der Waals surface area contributed by atoms with Crippen molar-refractivity contribution >= 4 is 12.4 Å². The van der Waals surface area contributed by atoms with Crippen LogP contribution in [-0.4, -0.2) is 19.7 Å². The maximum atomic E-state index is 13.7. The predicted molar refractivity (Wildman–Crippen MR) is 60.2 cm³/mol. The number of hydrogen-bond donors (Lipinski definition) is 1. The lowest BCUT2D eigenvalue weighted by Crippen LogP contribution is -2.34. The molecule has 0 aliphatic carbocycles. The van der Waals surface area contributed by atoms with Crippen LogP contribution in [0.1, 0.15) is 17.2 Å². The van der Waals surface area contributed by atoms with E-state index in [1.807, 2.05) is 0 Å². The third-order valence-electron chi connectivity index (χ3n) is 2.61. The summed E-state index contributed by atoms with van der Waals surface area (Å²) in [5.74, 6) is -1.24. The van der Waals surface area contributed by atoms with Crippen LogP contribution in [-0.2, 0) is 10.9 Å². The smallest absolute Gasteiger partial charge is 0.371 e. The number of rotatable bonds is 1. The van der Waals surface area contributed by atoms with E-state index >= 15 is 0 Å². The van der Waals surface area contributed by atoms with E-state index in [0.717, 1.165) is 6.07 Å². The average Bonchev–Trinajstić information content (AvgIpc) is 2.29. The summed E-state index contributed by atoms with van der Waals surface area (Å²) in [7, 11) is 0. The van der Waals surface area contributed by atoms with Crippen LogP contribution in [0.2, 0.25) is 0 Å². The highest BCUT2D eigenvalue weighted by molar-refractivity contribution is 5.85. The topological polar surface area (TPSA) is 21.3 Å². The lowest BCUT2D eigenvalue weighted by Gasteiger charge is -2.25. The van der Waals surface area contributed by atoms with Gasteiger partial charge in [0.25, 0.3) is 0 Å². The van der Waals surface area contributed by atoms with Gasteiger partial charge in [-0.15, -0.1) is 12.4 Å². The molecule has 1 N–H and O–H groups in total. The number of morpholine rings is 1. The molecular formula is C11H12ClF4NO. The first-order chi connectivity index (χ1) is 8.00. The minimum absolute atomic E-state index is 0. The van der Waals surface area contributed by atoms with Crippen molar-refractivity contribution in [2.75, 3.05) is 19.7 Å². The van der Waals surface area contributed by atoms with Crippen molar-refractivity contribution in [3.63, 3.8) is 0 Å². The molecular weight excluding hydrogens is 274 g/mol. The molecule has 1 unspecified atom stereocenters. The van der Waals surface area contributed by atoms with Gasteiger partial charge < -0.3 is 10.1 Å². The van der Waals surface area contributed by atoms with Gasteiger partial charge in [-0.05, 0) is 6.07 Å². The Hall–Kier alpha value is -0.850. The Morgan fingerprint density at radius 1 is 1.28 bits per heavy atom. The molecule has 1 heterocycles. The molecule has 102 valence electrons. The van der Waals surface area contributed by atoms with Gasteiger partial charge in [0, 0.05) is 18.7 Å². The van der Waals surface area contributed by atoms with Crippen LogP contribution in [0.4, 0.5) is 17.6 Å². The van der Waals surface area contributed by atoms with Crippen molar-refractivity contribution in [1.29, 1.82) is 0 Å². The Labute approximate surface area is 108 Å². The van der Waals surface area contributed by atoms with E-state index in [0.29, 0.717) is 19.7 Å². The van der Waals surface area contributed by atoms with E-state index in [1.54, 1.807) is 0 Å². The molecule has 1 aliphatic rings. The van der Waals surface area contributed by atoms with Gasteiger partial charge in [-0.1, -0.05) is 12.1 Å². The van der Waals surface area contributed by atoms with Gasteiger partial charge in [0.1, 0.15) is 5.82 Å². The maximum absolute atomic E-state index is 13.7. The molecule has 2 nitrogen and oxygen atoms in total. The van der Waals surface area contributed by atoms with Gasteiger partial charge in [-0.2, -0.15) is 13.2 Å². The van der Waals surface area contributed by atoms with E-state index in [2.05, 4.69) is 5.32 Å². The first-order valence-corrected chi connectivity index (χ1v) is 5.18. The zero-order valence-electron chi connectivity index (χ0n) is 9.26. The van der Waals surface area contributed by atoms with E-state index in [4.69, 9.17) is 4.74 Å². The largest absolute Gasteiger partial charge is 0.419 e. The van der Waals surface area contributed by atoms with Crippen LogP contribution < -0.4 is 5.32 Å². The molecule has 1 aromatic carbocycles. The third kappa shape index (κ3) is 3.13. The Morgan fingerprint density at radius 3 is 2.56 bits per heavy atom. The van der Waals surface area contributed by atoms with Crippen molar-refractivity contribution in [3.8, 4) is 0 Å². The Bertz CT molecular complexity index is 405. The molecule has 0 saturated carbocycles. The van der Waals surface area contributed by atoms with E-state index < -0.39 is 23.7 Å². The lowest BCUT2D eigenvalue weighted by atomic mass is 10.0. The van der Waals surface area contributed by atoms with E-state index in [9.17, 15) is 17.6 Å². The third-order valence-corrected chi connectivity index (χ3v) is 2.61. The molecule has 1 saturated heterocycles. The normalized spacial score (nSPS) is 20.3. The van der Waals surface area contributed by atoms with Crippen molar-refractivity contribution in [2.24, 2.45) is 0 Å². The second-order valence-corrected chi connectivity index (χ2v) is 3.77. The second kappa shape index (κ2) is 5.86. The highest BCUT2D eigenvalue weighted by Gasteiger charge is 2.36. The van der Waals surface area contributed by atoms with Crippen molar-refractivity contribution in [1.82, 2.24) is 5.32 Å². The van der Waals surface area contributed by atoms with Gasteiger partial charge >= 0.3 is 6.18 Å². The number of benzene rings is 1. The predicted octanol–water partition coefficient (Wildman–Crippen LogP) is 2.93. The minimum Gasteiger partial charge on any atom is -0.371 e. The van der Waals surface area contributed by atoms with Crippen LogP contribution in [0.5, 0.6) is 0 Å². The number of ether oxygens (including phenoxy) is 1. The SMILES string of the molecule is Cl.Fc1c(C2CNCCO2)cccc1C(F)(F)F. The molecule has 0 aromatic heterocycles. The molecule has 0 bridgehead atoms. The standard InChI is InChI=1S/C11H11F4NO.ClH/c12-10-7(9-6-16-4-5-17-9)2-1-3-8(10)11(13,14)15;/h1-3,9,16H,4-6H2;1H. The van der Waals surface area contributed by atoms with Crippen molar-refractivity contribution in [3.05, 3.63) is 35.1 Å². The summed E-state index contributed by atoms with van der Waals surface area (Å²) < 4.78 is 56.5. The summed E-state index contributed by atoms with van der Waals surface area (Å²) in [6, 6.07) is 3.25. The molecule has 18 heavy (non-hydrogen) atoms. The molecule has 7 heteroatoms. The highest BCUT2D eigenvalue weighted by atomic mass is 35.5. The van der Waals surface area contributed by atoms with Crippen LogP contribution in [0, 0.1) is 5.82 Å². The van der Waals surface area contributed by atoms with Crippen LogP contribution >= 0.6 is 12.4 Å². The minimum atomic E-state index is -4.68. The van der Waals surface area contributed by atoms with Crippen LogP contribution in [0.3, 0.4) is 0 Å². The molecule has 1 fully saturated rings. The number of alkyl halides is 3. The number of hydrogen-bond acceptors (Lipinski definition) is 2. The first-order valence-electron chi connectivity index (χ1n) is 5.18. The second-order valence-electron chi connectivity index (χ2n) is 3.77. The van der Waals surface area contributed by atoms with Gasteiger partial charge in [0.05, 0.1) is 18.3 Å².